The van der Waals surface area contributed by atoms with E-state index in [0.29, 0.717) is 5.56 Å². The van der Waals surface area contributed by atoms with Gasteiger partial charge in [0.25, 0.3) is 5.91 Å². The predicted molar refractivity (Wildman–Crippen MR) is 100 cm³/mol. The molecule has 1 fully saturated rings. The number of benzene rings is 2. The molecule has 0 aromatic heterocycles. The summed E-state index contributed by atoms with van der Waals surface area (Å²) >= 11 is 0. The zero-order chi connectivity index (χ0) is 19.6. The smallest absolute Gasteiger partial charge is 0.326 e. The van der Waals surface area contributed by atoms with Crippen molar-refractivity contribution in [2.45, 2.75) is 42.5 Å². The molecule has 0 heterocycles. The molecular formula is C20H21NO5S. The number of amides is 1. The summed E-state index contributed by atoms with van der Waals surface area (Å²) in [6.07, 6.45) is 1.57. The summed E-state index contributed by atoms with van der Waals surface area (Å²) in [7, 11) is -3.53. The predicted octanol–water partition coefficient (Wildman–Crippen LogP) is 2.74. The highest BCUT2D eigenvalue weighted by Gasteiger charge is 2.38. The first kappa shape index (κ1) is 19.1. The van der Waals surface area contributed by atoms with E-state index in [1.54, 1.807) is 24.3 Å². The molecule has 3 rings (SSSR count). The molecule has 142 valence electrons. The topological polar surface area (TPSA) is 91.8 Å². The van der Waals surface area contributed by atoms with Gasteiger partial charge in [0.05, 0.1) is 10.6 Å². The van der Waals surface area contributed by atoms with Gasteiger partial charge < -0.3 is 10.0 Å². The fraction of sp³-hybridized carbons (Fsp3) is 0.300. The third-order valence-electron chi connectivity index (χ3n) is 4.61. The monoisotopic (exact) mass is 387 g/mol. The summed E-state index contributed by atoms with van der Waals surface area (Å²) in [5, 5.41) is 9.24. The van der Waals surface area contributed by atoms with E-state index < -0.39 is 21.8 Å². The van der Waals surface area contributed by atoms with Crippen LogP contribution in [0, 0.1) is 0 Å². The molecule has 1 amide bonds. The van der Waals surface area contributed by atoms with Crippen LogP contribution in [0.2, 0.25) is 0 Å². The maximum atomic E-state index is 12.7. The van der Waals surface area contributed by atoms with E-state index in [2.05, 4.69) is 0 Å². The number of carbonyl (C=O) groups excluding carboxylic acids is 1. The second-order valence-electron chi connectivity index (χ2n) is 6.73. The van der Waals surface area contributed by atoms with Gasteiger partial charge in [0.15, 0.2) is 9.84 Å². The van der Waals surface area contributed by atoms with Crippen LogP contribution in [0.3, 0.4) is 0 Å². The van der Waals surface area contributed by atoms with Gasteiger partial charge in [-0.2, -0.15) is 0 Å². The summed E-state index contributed by atoms with van der Waals surface area (Å²) in [4.78, 5) is 25.5. The Hall–Kier alpha value is -2.67. The number of hydrogen-bond acceptors (Lipinski definition) is 4. The van der Waals surface area contributed by atoms with E-state index >= 15 is 0 Å². The number of rotatable bonds is 7. The fourth-order valence-corrected chi connectivity index (χ4v) is 4.31. The maximum Gasteiger partial charge on any atom is 0.326 e. The molecule has 6 nitrogen and oxygen atoms in total. The third kappa shape index (κ3) is 4.36. The van der Waals surface area contributed by atoms with Crippen molar-refractivity contribution in [1.29, 1.82) is 0 Å². The van der Waals surface area contributed by atoms with Gasteiger partial charge in [0.1, 0.15) is 6.04 Å². The quantitative estimate of drug-likeness (QED) is 0.789. The second-order valence-corrected chi connectivity index (χ2v) is 8.72. The molecule has 1 N–H and O–H groups in total. The Morgan fingerprint density at radius 3 is 2.19 bits per heavy atom. The van der Waals surface area contributed by atoms with Crippen LogP contribution in [-0.4, -0.2) is 42.4 Å². The molecule has 0 saturated heterocycles. The lowest BCUT2D eigenvalue weighted by molar-refractivity contribution is -0.141. The average molecular weight is 387 g/mol. The van der Waals surface area contributed by atoms with Gasteiger partial charge in [0, 0.05) is 11.6 Å². The zero-order valence-corrected chi connectivity index (χ0v) is 15.7. The van der Waals surface area contributed by atoms with Gasteiger partial charge >= 0.3 is 5.97 Å². The Morgan fingerprint density at radius 1 is 1.07 bits per heavy atom. The lowest BCUT2D eigenvalue weighted by atomic mass is 10.1. The Kier molecular flexibility index (Phi) is 5.32. The van der Waals surface area contributed by atoms with Crippen LogP contribution >= 0.6 is 0 Å². The summed E-state index contributed by atoms with van der Waals surface area (Å²) in [5.41, 5.74) is 0.974. The molecule has 0 radical (unpaired) electrons. The molecule has 1 unspecified atom stereocenters. The standard InChI is InChI=1S/C20H21NO5S/c1-14(20(23)24)21(17-9-10-17)19(22)16-7-11-18(12-8-16)27(25,26)13-15-5-3-2-4-6-15/h2-8,11-12,14,17H,9-10,13H2,1H3,(H,23,24). The highest BCUT2D eigenvalue weighted by atomic mass is 32.2. The van der Waals surface area contributed by atoms with E-state index in [-0.39, 0.29) is 28.2 Å². The SMILES string of the molecule is CC(C(=O)O)N(C(=O)c1ccc(S(=O)(=O)Cc2ccccc2)cc1)C1CC1. The molecule has 1 atom stereocenters. The number of sulfone groups is 1. The first-order valence-electron chi connectivity index (χ1n) is 8.72. The van der Waals surface area contributed by atoms with E-state index in [4.69, 9.17) is 0 Å². The molecule has 0 aliphatic heterocycles. The molecule has 7 heteroatoms. The van der Waals surface area contributed by atoms with Gasteiger partial charge in [-0.3, -0.25) is 4.79 Å². The van der Waals surface area contributed by atoms with E-state index in [1.807, 2.05) is 6.07 Å². The van der Waals surface area contributed by atoms with Crippen LogP contribution in [0.25, 0.3) is 0 Å². The van der Waals surface area contributed by atoms with Crippen molar-refractivity contribution < 1.29 is 23.1 Å². The van der Waals surface area contributed by atoms with Crippen LogP contribution in [0.5, 0.6) is 0 Å². The van der Waals surface area contributed by atoms with Gasteiger partial charge in [-0.05, 0) is 49.6 Å². The molecule has 1 aliphatic rings. The average Bonchev–Trinajstić information content (AvgIpc) is 3.47. The number of nitrogens with zero attached hydrogens (tertiary/aromatic N) is 1. The maximum absolute atomic E-state index is 12.7. The van der Waals surface area contributed by atoms with Crippen LogP contribution in [0.4, 0.5) is 0 Å². The van der Waals surface area contributed by atoms with Crippen molar-refractivity contribution in [2.75, 3.05) is 0 Å². The minimum atomic E-state index is -3.53. The molecule has 1 saturated carbocycles. The van der Waals surface area contributed by atoms with Crippen molar-refractivity contribution in [2.24, 2.45) is 0 Å². The lowest BCUT2D eigenvalue weighted by Crippen LogP contribution is -2.44. The first-order valence-corrected chi connectivity index (χ1v) is 10.4. The Bertz CT molecular complexity index is 934. The number of carboxylic acids is 1. The van der Waals surface area contributed by atoms with Crippen LogP contribution in [-0.2, 0) is 20.4 Å². The van der Waals surface area contributed by atoms with E-state index in [0.717, 1.165) is 12.8 Å². The summed E-state index contributed by atoms with van der Waals surface area (Å²) in [6.45, 7) is 1.48. The molecule has 27 heavy (non-hydrogen) atoms. The van der Waals surface area contributed by atoms with Crippen molar-refractivity contribution >= 4 is 21.7 Å². The zero-order valence-electron chi connectivity index (χ0n) is 14.9. The van der Waals surface area contributed by atoms with Crippen molar-refractivity contribution in [1.82, 2.24) is 4.90 Å². The molecule has 2 aromatic carbocycles. The van der Waals surface area contributed by atoms with Gasteiger partial charge in [0.2, 0.25) is 0 Å². The highest BCUT2D eigenvalue weighted by molar-refractivity contribution is 7.90. The number of carboxylic acid groups (broad SMARTS) is 1. The second kappa shape index (κ2) is 7.52. The largest absolute Gasteiger partial charge is 0.480 e. The van der Waals surface area contributed by atoms with Gasteiger partial charge in [-0.25, -0.2) is 13.2 Å². The molecule has 0 spiro atoms. The third-order valence-corrected chi connectivity index (χ3v) is 6.31. The Balaban J connectivity index is 1.80. The lowest BCUT2D eigenvalue weighted by Gasteiger charge is -2.26. The van der Waals surface area contributed by atoms with Crippen molar-refractivity contribution in [3.8, 4) is 0 Å². The fourth-order valence-electron chi connectivity index (χ4n) is 2.96. The minimum Gasteiger partial charge on any atom is -0.480 e. The summed E-state index contributed by atoms with van der Waals surface area (Å²) in [5.74, 6) is -1.57. The molecule has 2 aromatic rings. The van der Waals surface area contributed by atoms with Crippen molar-refractivity contribution in [3.05, 3.63) is 65.7 Å². The normalized spacial score (nSPS) is 15.1. The summed E-state index contributed by atoms with van der Waals surface area (Å²) < 4.78 is 25.1. The van der Waals surface area contributed by atoms with Crippen LogP contribution in [0.1, 0.15) is 35.7 Å². The summed E-state index contributed by atoms with van der Waals surface area (Å²) in [6, 6.07) is 13.6. The molecular weight excluding hydrogens is 366 g/mol. The van der Waals surface area contributed by atoms with Crippen LogP contribution < -0.4 is 0 Å². The van der Waals surface area contributed by atoms with Crippen molar-refractivity contribution in [3.63, 3.8) is 0 Å². The van der Waals surface area contributed by atoms with Crippen LogP contribution in [0.15, 0.2) is 59.5 Å². The van der Waals surface area contributed by atoms with Gasteiger partial charge in [-0.15, -0.1) is 0 Å². The number of aliphatic carboxylic acids is 1. The number of hydrogen-bond donors (Lipinski definition) is 1. The minimum absolute atomic E-state index is 0.0647. The first-order chi connectivity index (χ1) is 12.8. The van der Waals surface area contributed by atoms with Gasteiger partial charge in [-0.1, -0.05) is 30.3 Å². The highest BCUT2D eigenvalue weighted by Crippen LogP contribution is 2.30. The van der Waals surface area contributed by atoms with E-state index in [9.17, 15) is 23.1 Å². The molecule has 0 bridgehead atoms. The molecule has 1 aliphatic carbocycles. The van der Waals surface area contributed by atoms with E-state index in [1.165, 1.54) is 36.1 Å². The Morgan fingerprint density at radius 2 is 1.67 bits per heavy atom. The Labute approximate surface area is 158 Å². The number of carbonyl (C=O) groups is 2.